The number of nitrogens with one attached hydrogen (secondary N) is 1. The third kappa shape index (κ3) is 6.95. The van der Waals surface area contributed by atoms with Crippen LogP contribution >= 0.6 is 11.8 Å². The van der Waals surface area contributed by atoms with Crippen LogP contribution in [0.1, 0.15) is 11.4 Å². The second-order valence-electron chi connectivity index (χ2n) is 6.69. The van der Waals surface area contributed by atoms with Crippen LogP contribution in [0.3, 0.4) is 0 Å². The summed E-state index contributed by atoms with van der Waals surface area (Å²) in [5.74, 6) is 1.23. The van der Waals surface area contributed by atoms with Crippen molar-refractivity contribution in [3.8, 4) is 0 Å². The lowest BCUT2D eigenvalue weighted by atomic mass is 10.2. The van der Waals surface area contributed by atoms with Gasteiger partial charge in [0.25, 0.3) is 0 Å². The van der Waals surface area contributed by atoms with Gasteiger partial charge in [0.1, 0.15) is 11.6 Å². The second-order valence-corrected chi connectivity index (χ2v) is 7.75. The zero-order valence-electron chi connectivity index (χ0n) is 16.5. The van der Waals surface area contributed by atoms with E-state index >= 15 is 0 Å². The molecule has 156 valence electrons. The Labute approximate surface area is 174 Å². The van der Waals surface area contributed by atoms with Crippen molar-refractivity contribution >= 4 is 23.7 Å². The molecule has 29 heavy (non-hydrogen) atoms. The predicted molar refractivity (Wildman–Crippen MR) is 111 cm³/mol. The van der Waals surface area contributed by atoms with Gasteiger partial charge in [0.05, 0.1) is 13.2 Å². The first-order valence-corrected chi connectivity index (χ1v) is 10.6. The van der Waals surface area contributed by atoms with Crippen molar-refractivity contribution in [2.45, 2.75) is 11.6 Å². The molecule has 1 aliphatic rings. The molecule has 0 saturated carbocycles. The van der Waals surface area contributed by atoms with Crippen molar-refractivity contribution in [2.75, 3.05) is 45.1 Å². The van der Waals surface area contributed by atoms with E-state index in [0.29, 0.717) is 18.5 Å². The van der Waals surface area contributed by atoms with Crippen LogP contribution in [-0.2, 0) is 23.0 Å². The number of hydrogen-bond acceptors (Lipinski definition) is 6. The first kappa shape index (κ1) is 21.5. The molecule has 7 nitrogen and oxygen atoms in total. The summed E-state index contributed by atoms with van der Waals surface area (Å²) in [6.07, 6.45) is 3.58. The molecule has 1 aliphatic heterocycles. The predicted octanol–water partition coefficient (Wildman–Crippen LogP) is 1.75. The number of carbonyl (C=O) groups is 1. The summed E-state index contributed by atoms with van der Waals surface area (Å²) in [6.45, 7) is 5.04. The Bertz CT molecular complexity index is 836. The number of nitrogens with zero attached hydrogens (tertiary/aromatic N) is 4. The number of ether oxygens (including phenoxy) is 1. The van der Waals surface area contributed by atoms with E-state index in [1.54, 1.807) is 30.0 Å². The molecule has 2 heterocycles. The Hall–Kier alpha value is -2.23. The van der Waals surface area contributed by atoms with Crippen molar-refractivity contribution in [3.05, 3.63) is 47.5 Å². The van der Waals surface area contributed by atoms with Crippen LogP contribution in [0.25, 0.3) is 6.08 Å². The third-order valence-electron chi connectivity index (χ3n) is 4.59. The normalized spacial score (nSPS) is 15.1. The van der Waals surface area contributed by atoms with Gasteiger partial charge in [0, 0.05) is 51.5 Å². The van der Waals surface area contributed by atoms with Gasteiger partial charge < -0.3 is 14.6 Å². The van der Waals surface area contributed by atoms with Gasteiger partial charge in [-0.25, -0.2) is 4.39 Å². The van der Waals surface area contributed by atoms with Crippen molar-refractivity contribution in [1.82, 2.24) is 25.0 Å². The molecule has 1 amide bonds. The van der Waals surface area contributed by atoms with Gasteiger partial charge in [-0.15, -0.1) is 10.2 Å². The number of aromatic nitrogens is 3. The van der Waals surface area contributed by atoms with E-state index < -0.39 is 0 Å². The lowest BCUT2D eigenvalue weighted by molar-refractivity contribution is -0.116. The topological polar surface area (TPSA) is 72.3 Å². The average molecular weight is 420 g/mol. The zero-order valence-corrected chi connectivity index (χ0v) is 17.3. The van der Waals surface area contributed by atoms with Gasteiger partial charge in [-0.1, -0.05) is 23.9 Å². The number of amides is 1. The van der Waals surface area contributed by atoms with E-state index in [2.05, 4.69) is 20.4 Å². The average Bonchev–Trinajstić information content (AvgIpc) is 3.07. The highest BCUT2D eigenvalue weighted by molar-refractivity contribution is 7.99. The van der Waals surface area contributed by atoms with E-state index in [1.165, 1.54) is 18.2 Å². The molecule has 1 fully saturated rings. The lowest BCUT2D eigenvalue weighted by Gasteiger charge is -2.26. The van der Waals surface area contributed by atoms with E-state index in [1.807, 2.05) is 11.6 Å². The molecule has 0 spiro atoms. The summed E-state index contributed by atoms with van der Waals surface area (Å²) >= 11 is 1.69. The maximum atomic E-state index is 13.1. The highest BCUT2D eigenvalue weighted by Crippen LogP contribution is 2.16. The van der Waals surface area contributed by atoms with E-state index in [9.17, 15) is 9.18 Å². The molecular formula is C20H26FN5O2S. The smallest absolute Gasteiger partial charge is 0.244 e. The summed E-state index contributed by atoms with van der Waals surface area (Å²) in [5, 5.41) is 12.2. The standard InChI is InChI=1S/C20H26FN5O2S/c1-25-18(23-24-20(25)29-14-11-26-9-12-28-13-10-26)7-8-22-19(27)6-5-16-3-2-4-17(21)15-16/h2-6,15H,7-14H2,1H3,(H,22,27). The highest BCUT2D eigenvalue weighted by Gasteiger charge is 2.12. The monoisotopic (exact) mass is 419 g/mol. The molecule has 3 rings (SSSR count). The van der Waals surface area contributed by atoms with E-state index in [4.69, 9.17) is 4.74 Å². The maximum Gasteiger partial charge on any atom is 0.244 e. The number of rotatable bonds is 9. The van der Waals surface area contributed by atoms with Crippen molar-refractivity contribution in [2.24, 2.45) is 7.05 Å². The highest BCUT2D eigenvalue weighted by atomic mass is 32.2. The molecule has 1 N–H and O–H groups in total. The Morgan fingerprint density at radius 2 is 2.17 bits per heavy atom. The molecule has 0 bridgehead atoms. The number of morpholine rings is 1. The van der Waals surface area contributed by atoms with Gasteiger partial charge in [0.15, 0.2) is 5.16 Å². The zero-order chi connectivity index (χ0) is 20.5. The molecule has 0 aliphatic carbocycles. The van der Waals surface area contributed by atoms with Gasteiger partial charge in [0.2, 0.25) is 5.91 Å². The minimum atomic E-state index is -0.326. The summed E-state index contributed by atoms with van der Waals surface area (Å²) in [4.78, 5) is 14.3. The SMILES string of the molecule is Cn1c(CCNC(=O)C=Cc2cccc(F)c2)nnc1SCCN1CCOCC1. The van der Waals surface area contributed by atoms with Crippen LogP contribution in [0, 0.1) is 5.82 Å². The summed E-state index contributed by atoms with van der Waals surface area (Å²) in [5.41, 5.74) is 0.646. The fourth-order valence-corrected chi connectivity index (χ4v) is 3.85. The molecular weight excluding hydrogens is 393 g/mol. The fourth-order valence-electron chi connectivity index (χ4n) is 2.92. The number of thioether (sulfide) groups is 1. The summed E-state index contributed by atoms with van der Waals surface area (Å²) < 4.78 is 20.5. The van der Waals surface area contributed by atoms with Crippen LogP contribution in [0.15, 0.2) is 35.5 Å². The molecule has 1 aromatic heterocycles. The van der Waals surface area contributed by atoms with Crippen molar-refractivity contribution < 1.29 is 13.9 Å². The van der Waals surface area contributed by atoms with Crippen LogP contribution in [0.5, 0.6) is 0 Å². The van der Waals surface area contributed by atoms with Crippen LogP contribution < -0.4 is 5.32 Å². The molecule has 2 aromatic rings. The molecule has 9 heteroatoms. The Morgan fingerprint density at radius 1 is 1.34 bits per heavy atom. The summed E-state index contributed by atoms with van der Waals surface area (Å²) in [7, 11) is 1.94. The van der Waals surface area contributed by atoms with Crippen molar-refractivity contribution in [3.63, 3.8) is 0 Å². The number of hydrogen-bond donors (Lipinski definition) is 1. The maximum absolute atomic E-state index is 13.1. The van der Waals surface area contributed by atoms with Gasteiger partial charge in [-0.05, 0) is 23.8 Å². The quantitative estimate of drug-likeness (QED) is 0.493. The van der Waals surface area contributed by atoms with Crippen LogP contribution in [0.4, 0.5) is 4.39 Å². The van der Waals surface area contributed by atoms with Gasteiger partial charge in [-0.3, -0.25) is 9.69 Å². The lowest BCUT2D eigenvalue weighted by Crippen LogP contribution is -2.37. The second kappa shape index (κ2) is 11.1. The largest absolute Gasteiger partial charge is 0.379 e. The Morgan fingerprint density at radius 3 is 2.97 bits per heavy atom. The minimum Gasteiger partial charge on any atom is -0.379 e. The molecule has 0 atom stereocenters. The molecule has 0 unspecified atom stereocenters. The number of benzene rings is 1. The van der Waals surface area contributed by atoms with Crippen LogP contribution in [0.2, 0.25) is 0 Å². The molecule has 0 radical (unpaired) electrons. The Kier molecular flexibility index (Phi) is 8.21. The molecule has 1 aromatic carbocycles. The first-order valence-electron chi connectivity index (χ1n) is 9.64. The van der Waals surface area contributed by atoms with Crippen molar-refractivity contribution in [1.29, 1.82) is 0 Å². The van der Waals surface area contributed by atoms with Gasteiger partial charge >= 0.3 is 0 Å². The Balaban J connectivity index is 1.38. The first-order chi connectivity index (χ1) is 14.1. The van der Waals surface area contributed by atoms with Crippen LogP contribution in [-0.4, -0.2) is 70.7 Å². The molecule has 1 saturated heterocycles. The van der Waals surface area contributed by atoms with E-state index in [0.717, 1.165) is 49.6 Å². The minimum absolute atomic E-state index is 0.225. The fraction of sp³-hybridized carbons (Fsp3) is 0.450. The van der Waals surface area contributed by atoms with E-state index in [-0.39, 0.29) is 11.7 Å². The summed E-state index contributed by atoms with van der Waals surface area (Å²) in [6, 6.07) is 6.09. The number of halogens is 1. The third-order valence-corrected chi connectivity index (χ3v) is 5.59. The van der Waals surface area contributed by atoms with Gasteiger partial charge in [-0.2, -0.15) is 0 Å². The number of carbonyl (C=O) groups excluding carboxylic acids is 1.